The van der Waals surface area contributed by atoms with Gasteiger partial charge < -0.3 is 14.6 Å². The summed E-state index contributed by atoms with van der Waals surface area (Å²) in [5.74, 6) is -1.20. The van der Waals surface area contributed by atoms with Crippen LogP contribution in [0.4, 0.5) is 0 Å². The standard InChI is InChI=1S/C10H7NO4/c11-9-7(10(13)14)3-5-1-2-6(12)4-8(5)15-9/h1-4,11-12H,(H,13,14). The summed E-state index contributed by atoms with van der Waals surface area (Å²) in [5.41, 5.74) is -0.348. The first kappa shape index (κ1) is 9.26. The molecule has 0 fully saturated rings. The van der Waals surface area contributed by atoms with E-state index >= 15 is 0 Å². The molecule has 3 N–H and O–H groups in total. The van der Waals surface area contributed by atoms with Crippen molar-refractivity contribution in [2.45, 2.75) is 0 Å². The van der Waals surface area contributed by atoms with Crippen LogP contribution in [0.15, 0.2) is 28.7 Å². The van der Waals surface area contributed by atoms with E-state index in [0.29, 0.717) is 5.39 Å². The van der Waals surface area contributed by atoms with Gasteiger partial charge in [0, 0.05) is 11.5 Å². The van der Waals surface area contributed by atoms with Crippen molar-refractivity contribution in [3.63, 3.8) is 0 Å². The number of rotatable bonds is 1. The van der Waals surface area contributed by atoms with Gasteiger partial charge in [-0.1, -0.05) is 0 Å². The van der Waals surface area contributed by atoms with Crippen molar-refractivity contribution in [2.24, 2.45) is 0 Å². The first-order valence-corrected chi connectivity index (χ1v) is 4.12. The summed E-state index contributed by atoms with van der Waals surface area (Å²) in [7, 11) is 0. The largest absolute Gasteiger partial charge is 0.508 e. The van der Waals surface area contributed by atoms with Crippen LogP contribution < -0.4 is 5.55 Å². The number of benzene rings is 1. The lowest BCUT2D eigenvalue weighted by Crippen LogP contribution is -2.12. The Labute approximate surface area is 83.7 Å². The highest BCUT2D eigenvalue weighted by molar-refractivity contribution is 5.91. The Kier molecular flexibility index (Phi) is 1.93. The number of hydrogen-bond acceptors (Lipinski definition) is 4. The van der Waals surface area contributed by atoms with Crippen molar-refractivity contribution in [3.05, 3.63) is 35.4 Å². The van der Waals surface area contributed by atoms with Gasteiger partial charge in [-0.2, -0.15) is 0 Å². The summed E-state index contributed by atoms with van der Waals surface area (Å²) in [6.45, 7) is 0. The van der Waals surface area contributed by atoms with Gasteiger partial charge in [-0.3, -0.25) is 5.41 Å². The number of nitrogens with one attached hydrogen (secondary N) is 1. The molecule has 0 aliphatic heterocycles. The van der Waals surface area contributed by atoms with Crippen molar-refractivity contribution in [1.29, 1.82) is 5.41 Å². The van der Waals surface area contributed by atoms with E-state index in [1.54, 1.807) is 0 Å². The molecule has 1 aromatic heterocycles. The van der Waals surface area contributed by atoms with E-state index in [4.69, 9.17) is 20.0 Å². The van der Waals surface area contributed by atoms with Gasteiger partial charge in [-0.25, -0.2) is 4.79 Å². The lowest BCUT2D eigenvalue weighted by molar-refractivity contribution is 0.0691. The third-order valence-corrected chi connectivity index (χ3v) is 1.98. The molecule has 5 heteroatoms. The third-order valence-electron chi connectivity index (χ3n) is 1.98. The lowest BCUT2D eigenvalue weighted by atomic mass is 10.2. The van der Waals surface area contributed by atoms with Gasteiger partial charge >= 0.3 is 5.97 Å². The lowest BCUT2D eigenvalue weighted by Gasteiger charge is -1.99. The van der Waals surface area contributed by atoms with Crippen LogP contribution in [0.3, 0.4) is 0 Å². The predicted octanol–water partition coefficient (Wildman–Crippen LogP) is 1.32. The summed E-state index contributed by atoms with van der Waals surface area (Å²) in [6, 6.07) is 5.62. The van der Waals surface area contributed by atoms with Crippen LogP contribution in [-0.4, -0.2) is 16.2 Å². The molecule has 0 bridgehead atoms. The topological polar surface area (TPSA) is 94.5 Å². The molecule has 5 nitrogen and oxygen atoms in total. The Hall–Kier alpha value is -2.30. The van der Waals surface area contributed by atoms with Crippen molar-refractivity contribution < 1.29 is 19.4 Å². The van der Waals surface area contributed by atoms with Gasteiger partial charge in [0.05, 0.1) is 0 Å². The Morgan fingerprint density at radius 2 is 2.07 bits per heavy atom. The van der Waals surface area contributed by atoms with Gasteiger partial charge in [-0.15, -0.1) is 0 Å². The van der Waals surface area contributed by atoms with Crippen LogP contribution in [0.2, 0.25) is 0 Å². The SMILES string of the molecule is N=c1oc2cc(O)ccc2cc1C(=O)O. The summed E-state index contributed by atoms with van der Waals surface area (Å²) in [5, 5.41) is 25.8. The molecule has 76 valence electrons. The first-order valence-electron chi connectivity index (χ1n) is 4.12. The number of aromatic carboxylic acids is 1. The number of fused-ring (bicyclic) bond motifs is 1. The number of carboxylic acid groups (broad SMARTS) is 1. The van der Waals surface area contributed by atoms with E-state index in [-0.39, 0.29) is 16.9 Å². The molecule has 0 radical (unpaired) electrons. The molecule has 0 aliphatic carbocycles. The van der Waals surface area contributed by atoms with Crippen LogP contribution in [0.25, 0.3) is 11.0 Å². The summed E-state index contributed by atoms with van der Waals surface area (Å²) in [4.78, 5) is 10.7. The van der Waals surface area contributed by atoms with Crippen LogP contribution in [-0.2, 0) is 0 Å². The minimum Gasteiger partial charge on any atom is -0.508 e. The Bertz CT molecular complexity index is 600. The molecule has 2 rings (SSSR count). The zero-order valence-corrected chi connectivity index (χ0v) is 7.52. The molecule has 15 heavy (non-hydrogen) atoms. The van der Waals surface area contributed by atoms with Gasteiger partial charge in [-0.05, 0) is 18.2 Å². The van der Waals surface area contributed by atoms with E-state index in [2.05, 4.69) is 0 Å². The van der Waals surface area contributed by atoms with Crippen LogP contribution in [0.5, 0.6) is 5.75 Å². The maximum atomic E-state index is 10.7. The van der Waals surface area contributed by atoms with Crippen LogP contribution >= 0.6 is 0 Å². The molecule has 0 unspecified atom stereocenters. The van der Waals surface area contributed by atoms with E-state index in [1.807, 2.05) is 0 Å². The molecular formula is C10H7NO4. The molecule has 2 aromatic rings. The maximum absolute atomic E-state index is 10.7. The highest BCUT2D eigenvalue weighted by Gasteiger charge is 2.09. The second-order valence-electron chi connectivity index (χ2n) is 3.02. The second-order valence-corrected chi connectivity index (χ2v) is 3.02. The van der Waals surface area contributed by atoms with Crippen molar-refractivity contribution in [3.8, 4) is 5.75 Å². The summed E-state index contributed by atoms with van der Waals surface area (Å²) in [6.07, 6.45) is 0. The van der Waals surface area contributed by atoms with Gasteiger partial charge in [0.1, 0.15) is 16.9 Å². The molecule has 0 aliphatic rings. The zero-order valence-electron chi connectivity index (χ0n) is 7.52. The average Bonchev–Trinajstić information content (AvgIpc) is 2.15. The fraction of sp³-hybridized carbons (Fsp3) is 0. The summed E-state index contributed by atoms with van der Waals surface area (Å²) < 4.78 is 4.96. The maximum Gasteiger partial charge on any atom is 0.341 e. The van der Waals surface area contributed by atoms with E-state index < -0.39 is 11.5 Å². The molecule has 1 aromatic carbocycles. The first-order chi connectivity index (χ1) is 7.08. The molecular weight excluding hydrogens is 198 g/mol. The highest BCUT2D eigenvalue weighted by atomic mass is 16.4. The third kappa shape index (κ3) is 1.54. The minimum atomic E-state index is -1.21. The van der Waals surface area contributed by atoms with Crippen molar-refractivity contribution >= 4 is 16.9 Å². The van der Waals surface area contributed by atoms with Gasteiger partial charge in [0.15, 0.2) is 0 Å². The quantitative estimate of drug-likeness (QED) is 0.654. The fourth-order valence-corrected chi connectivity index (χ4v) is 1.28. The van der Waals surface area contributed by atoms with Crippen molar-refractivity contribution in [2.75, 3.05) is 0 Å². The van der Waals surface area contributed by atoms with E-state index in [9.17, 15) is 4.79 Å². The Morgan fingerprint density at radius 1 is 1.33 bits per heavy atom. The number of aromatic hydroxyl groups is 1. The number of carboxylic acids is 1. The number of hydrogen-bond donors (Lipinski definition) is 3. The Balaban J connectivity index is 2.82. The molecule has 1 heterocycles. The van der Waals surface area contributed by atoms with Gasteiger partial charge in [0.2, 0.25) is 5.55 Å². The summed E-state index contributed by atoms with van der Waals surface area (Å²) >= 11 is 0. The fourth-order valence-electron chi connectivity index (χ4n) is 1.28. The Morgan fingerprint density at radius 3 is 2.73 bits per heavy atom. The van der Waals surface area contributed by atoms with E-state index in [0.717, 1.165) is 0 Å². The number of phenolic OH excluding ortho intramolecular Hbond substituents is 1. The van der Waals surface area contributed by atoms with E-state index in [1.165, 1.54) is 24.3 Å². The monoisotopic (exact) mass is 205 g/mol. The number of carbonyl (C=O) groups is 1. The predicted molar refractivity (Wildman–Crippen MR) is 50.7 cm³/mol. The smallest absolute Gasteiger partial charge is 0.341 e. The van der Waals surface area contributed by atoms with Crippen LogP contribution in [0, 0.1) is 5.41 Å². The molecule has 0 atom stereocenters. The highest BCUT2D eigenvalue weighted by Crippen LogP contribution is 2.18. The molecule has 0 saturated carbocycles. The van der Waals surface area contributed by atoms with Gasteiger partial charge in [0.25, 0.3) is 0 Å². The van der Waals surface area contributed by atoms with Crippen LogP contribution in [0.1, 0.15) is 10.4 Å². The zero-order chi connectivity index (χ0) is 11.0. The average molecular weight is 205 g/mol. The molecule has 0 spiro atoms. The normalized spacial score (nSPS) is 10.4. The molecule has 0 amide bonds. The van der Waals surface area contributed by atoms with Crippen molar-refractivity contribution in [1.82, 2.24) is 0 Å². The second kappa shape index (κ2) is 3.13. The number of phenols is 1. The minimum absolute atomic E-state index is 0.00808. The molecule has 0 saturated heterocycles.